The highest BCUT2D eigenvalue weighted by atomic mass is 15.0. The van der Waals surface area contributed by atoms with Crippen molar-refractivity contribution < 1.29 is 0 Å². The fraction of sp³-hybridized carbons (Fsp3) is 0.235. The van der Waals surface area contributed by atoms with Crippen LogP contribution in [0.2, 0.25) is 0 Å². The fourth-order valence-corrected chi connectivity index (χ4v) is 2.58. The van der Waals surface area contributed by atoms with Gasteiger partial charge in [-0.25, -0.2) is 0 Å². The lowest BCUT2D eigenvalue weighted by molar-refractivity contribution is 0.837. The Morgan fingerprint density at radius 2 is 2.05 bits per heavy atom. The zero-order chi connectivity index (χ0) is 14.1. The zero-order valence-electron chi connectivity index (χ0n) is 12.1. The molecule has 20 heavy (non-hydrogen) atoms. The molecule has 2 heterocycles. The Morgan fingerprint density at radius 3 is 2.80 bits per heavy atom. The maximum absolute atomic E-state index is 4.17. The Kier molecular flexibility index (Phi) is 3.18. The Bertz CT molecular complexity index is 751. The number of hydrogen-bond donors (Lipinski definition) is 1. The summed E-state index contributed by atoms with van der Waals surface area (Å²) in [6, 6.07) is 10.6. The summed E-state index contributed by atoms with van der Waals surface area (Å²) in [5.74, 6) is 0. The van der Waals surface area contributed by atoms with Gasteiger partial charge < -0.3 is 9.88 Å². The van der Waals surface area contributed by atoms with Crippen molar-refractivity contribution in [2.24, 2.45) is 7.05 Å². The highest BCUT2D eigenvalue weighted by Crippen LogP contribution is 2.23. The lowest BCUT2D eigenvalue weighted by Crippen LogP contribution is -2.02. The second-order valence-corrected chi connectivity index (χ2v) is 5.21. The van der Waals surface area contributed by atoms with Crippen molar-refractivity contribution in [3.05, 3.63) is 59.7 Å². The van der Waals surface area contributed by atoms with E-state index in [1.165, 1.54) is 27.7 Å². The molecular formula is C17H19N3. The van der Waals surface area contributed by atoms with Gasteiger partial charge in [-0.1, -0.05) is 12.1 Å². The molecule has 1 aromatic carbocycles. The zero-order valence-corrected chi connectivity index (χ0v) is 12.1. The van der Waals surface area contributed by atoms with Gasteiger partial charge in [0.05, 0.1) is 0 Å². The number of fused-ring (bicyclic) bond motifs is 1. The molecule has 3 rings (SSSR count). The fourth-order valence-electron chi connectivity index (χ4n) is 2.58. The lowest BCUT2D eigenvalue weighted by Gasteiger charge is -2.10. The molecule has 0 bridgehead atoms. The molecule has 2 aromatic heterocycles. The second kappa shape index (κ2) is 5.00. The lowest BCUT2D eigenvalue weighted by atomic mass is 10.1. The average Bonchev–Trinajstić information content (AvgIpc) is 2.72. The average molecular weight is 265 g/mol. The molecule has 0 saturated carbocycles. The van der Waals surface area contributed by atoms with E-state index in [1.807, 2.05) is 12.4 Å². The van der Waals surface area contributed by atoms with E-state index in [4.69, 9.17) is 0 Å². The molecule has 0 spiro atoms. The molecule has 0 aliphatic rings. The van der Waals surface area contributed by atoms with Gasteiger partial charge in [0.2, 0.25) is 0 Å². The maximum Gasteiger partial charge on any atom is 0.0423 e. The van der Waals surface area contributed by atoms with Gasteiger partial charge in [0.25, 0.3) is 0 Å². The molecule has 1 N–H and O–H groups in total. The molecule has 0 aliphatic heterocycles. The summed E-state index contributed by atoms with van der Waals surface area (Å²) in [5, 5.41) is 5.93. The van der Waals surface area contributed by atoms with Crippen molar-refractivity contribution in [1.82, 2.24) is 9.55 Å². The second-order valence-electron chi connectivity index (χ2n) is 5.21. The normalized spacial score (nSPS) is 10.9. The molecule has 0 unspecified atom stereocenters. The third-order valence-electron chi connectivity index (χ3n) is 4.03. The van der Waals surface area contributed by atoms with E-state index >= 15 is 0 Å². The van der Waals surface area contributed by atoms with Crippen LogP contribution >= 0.6 is 0 Å². The minimum Gasteiger partial charge on any atom is -0.380 e. The Hall–Kier alpha value is -2.29. The smallest absolute Gasteiger partial charge is 0.0423 e. The predicted octanol–water partition coefficient (Wildman–Crippen LogP) is 3.80. The van der Waals surface area contributed by atoms with E-state index in [0.29, 0.717) is 0 Å². The van der Waals surface area contributed by atoms with E-state index in [9.17, 15) is 0 Å². The highest BCUT2D eigenvalue weighted by molar-refractivity contribution is 5.93. The largest absolute Gasteiger partial charge is 0.380 e. The summed E-state index contributed by atoms with van der Waals surface area (Å²) >= 11 is 0. The number of benzene rings is 1. The minimum absolute atomic E-state index is 0.842. The van der Waals surface area contributed by atoms with Gasteiger partial charge in [0.15, 0.2) is 0 Å². The van der Waals surface area contributed by atoms with Crippen LogP contribution in [0.25, 0.3) is 10.8 Å². The number of nitrogens with one attached hydrogen (secondary N) is 1. The van der Waals surface area contributed by atoms with Crippen molar-refractivity contribution in [3.8, 4) is 0 Å². The van der Waals surface area contributed by atoms with Crippen LogP contribution < -0.4 is 5.32 Å². The van der Waals surface area contributed by atoms with Gasteiger partial charge in [-0.05, 0) is 37.6 Å². The number of pyridine rings is 1. The molecule has 0 atom stereocenters. The number of nitrogens with zero attached hydrogens (tertiary/aromatic N) is 2. The first-order valence-electron chi connectivity index (χ1n) is 6.85. The monoisotopic (exact) mass is 265 g/mol. The number of aryl methyl sites for hydroxylation is 1. The van der Waals surface area contributed by atoms with Gasteiger partial charge in [-0.3, -0.25) is 4.98 Å². The molecule has 0 fully saturated rings. The summed E-state index contributed by atoms with van der Waals surface area (Å²) in [5.41, 5.74) is 5.11. The molecule has 0 amide bonds. The van der Waals surface area contributed by atoms with Crippen LogP contribution in [0.3, 0.4) is 0 Å². The van der Waals surface area contributed by atoms with E-state index in [2.05, 4.69) is 66.1 Å². The highest BCUT2D eigenvalue weighted by Gasteiger charge is 2.06. The molecule has 3 nitrogen and oxygen atoms in total. The van der Waals surface area contributed by atoms with Crippen LogP contribution in [-0.4, -0.2) is 9.55 Å². The van der Waals surface area contributed by atoms with Crippen molar-refractivity contribution in [2.45, 2.75) is 20.4 Å². The van der Waals surface area contributed by atoms with E-state index in [-0.39, 0.29) is 0 Å². The Morgan fingerprint density at radius 1 is 1.20 bits per heavy atom. The van der Waals surface area contributed by atoms with Gasteiger partial charge in [0.1, 0.15) is 0 Å². The minimum atomic E-state index is 0.842. The van der Waals surface area contributed by atoms with Crippen LogP contribution in [0.5, 0.6) is 0 Å². The molecule has 3 aromatic rings. The third-order valence-corrected chi connectivity index (χ3v) is 4.03. The molecule has 102 valence electrons. The third kappa shape index (κ3) is 2.16. The standard InChI is InChI=1S/C17H19N3/c1-12-9-15(13(2)20(12)3)11-19-17-6-4-5-14-10-18-8-7-16(14)17/h4-10,19H,11H2,1-3H3. The SMILES string of the molecule is Cc1cc(CNc2cccc3cnccc23)c(C)n1C. The Labute approximate surface area is 119 Å². The Balaban J connectivity index is 1.89. The number of aromatic nitrogens is 2. The summed E-state index contributed by atoms with van der Waals surface area (Å²) in [6.45, 7) is 5.14. The quantitative estimate of drug-likeness (QED) is 0.780. The summed E-state index contributed by atoms with van der Waals surface area (Å²) in [7, 11) is 2.11. The van der Waals surface area contributed by atoms with Gasteiger partial charge in [0, 0.05) is 53.8 Å². The predicted molar refractivity (Wildman–Crippen MR) is 84.0 cm³/mol. The van der Waals surface area contributed by atoms with Gasteiger partial charge in [-0.2, -0.15) is 0 Å². The molecular weight excluding hydrogens is 246 g/mol. The van der Waals surface area contributed by atoms with E-state index in [1.54, 1.807) is 0 Å². The first kappa shape index (κ1) is 12.7. The van der Waals surface area contributed by atoms with Crippen LogP contribution in [0.4, 0.5) is 5.69 Å². The number of hydrogen-bond acceptors (Lipinski definition) is 2. The molecule has 0 saturated heterocycles. The summed E-state index contributed by atoms with van der Waals surface area (Å²) in [4.78, 5) is 4.17. The van der Waals surface area contributed by atoms with Crippen molar-refractivity contribution in [2.75, 3.05) is 5.32 Å². The van der Waals surface area contributed by atoms with Crippen molar-refractivity contribution in [3.63, 3.8) is 0 Å². The van der Waals surface area contributed by atoms with Crippen molar-refractivity contribution >= 4 is 16.5 Å². The maximum atomic E-state index is 4.17. The van der Waals surface area contributed by atoms with Crippen LogP contribution in [0.15, 0.2) is 42.7 Å². The van der Waals surface area contributed by atoms with E-state index in [0.717, 1.165) is 12.2 Å². The first-order chi connectivity index (χ1) is 9.66. The number of rotatable bonds is 3. The molecule has 3 heteroatoms. The number of anilines is 1. The topological polar surface area (TPSA) is 29.9 Å². The summed E-state index contributed by atoms with van der Waals surface area (Å²) < 4.78 is 2.23. The van der Waals surface area contributed by atoms with Crippen LogP contribution in [-0.2, 0) is 13.6 Å². The van der Waals surface area contributed by atoms with Crippen LogP contribution in [0, 0.1) is 13.8 Å². The van der Waals surface area contributed by atoms with Crippen LogP contribution in [0.1, 0.15) is 17.0 Å². The van der Waals surface area contributed by atoms with Gasteiger partial charge in [-0.15, -0.1) is 0 Å². The van der Waals surface area contributed by atoms with Gasteiger partial charge >= 0.3 is 0 Å². The summed E-state index contributed by atoms with van der Waals surface area (Å²) in [6.07, 6.45) is 3.74. The molecule has 0 radical (unpaired) electrons. The first-order valence-corrected chi connectivity index (χ1v) is 6.85. The molecule has 0 aliphatic carbocycles. The van der Waals surface area contributed by atoms with E-state index < -0.39 is 0 Å². The van der Waals surface area contributed by atoms with Crippen molar-refractivity contribution in [1.29, 1.82) is 0 Å².